The van der Waals surface area contributed by atoms with Gasteiger partial charge >= 0.3 is 5.97 Å². The van der Waals surface area contributed by atoms with Gasteiger partial charge < -0.3 is 4.74 Å². The van der Waals surface area contributed by atoms with Crippen LogP contribution < -0.4 is 0 Å². The summed E-state index contributed by atoms with van der Waals surface area (Å²) >= 11 is 0. The third-order valence-corrected chi connectivity index (χ3v) is 2.58. The predicted octanol–water partition coefficient (Wildman–Crippen LogP) is 2.10. The van der Waals surface area contributed by atoms with Gasteiger partial charge in [0.1, 0.15) is 0 Å². The Kier molecular flexibility index (Phi) is 2.53. The molecule has 1 atom stereocenters. The molecule has 1 aliphatic heterocycles. The third kappa shape index (κ3) is 2.13. The lowest BCUT2D eigenvalue weighted by Gasteiger charge is -2.05. The molecule has 0 unspecified atom stereocenters. The molecule has 74 valence electrons. The number of benzene rings is 1. The summed E-state index contributed by atoms with van der Waals surface area (Å²) < 4.78 is 4.92. The highest BCUT2D eigenvalue weighted by Crippen LogP contribution is 2.19. The molecule has 0 aromatic heterocycles. The number of carbonyl (C=O) groups excluding carboxylic acids is 1. The van der Waals surface area contributed by atoms with Crippen molar-refractivity contribution in [3.05, 3.63) is 35.4 Å². The minimum atomic E-state index is -0.0536. The summed E-state index contributed by atoms with van der Waals surface area (Å²) in [4.78, 5) is 10.9. The maximum absolute atomic E-state index is 10.9. The van der Waals surface area contributed by atoms with Crippen molar-refractivity contribution < 1.29 is 9.53 Å². The van der Waals surface area contributed by atoms with E-state index >= 15 is 0 Å². The van der Waals surface area contributed by atoms with E-state index in [1.165, 1.54) is 11.1 Å². The molecule has 0 spiro atoms. The molecule has 1 aromatic carbocycles. The van der Waals surface area contributed by atoms with Gasteiger partial charge in [-0.05, 0) is 18.9 Å². The molecule has 0 amide bonds. The summed E-state index contributed by atoms with van der Waals surface area (Å²) in [6, 6.07) is 8.45. The largest absolute Gasteiger partial charge is 0.465 e. The van der Waals surface area contributed by atoms with Crippen molar-refractivity contribution in [1.82, 2.24) is 0 Å². The maximum atomic E-state index is 10.9. The fraction of sp³-hybridized carbons (Fsp3) is 0.417. The van der Waals surface area contributed by atoms with Crippen LogP contribution in [0.5, 0.6) is 0 Å². The monoisotopic (exact) mass is 190 g/mol. The van der Waals surface area contributed by atoms with Crippen LogP contribution in [-0.2, 0) is 16.0 Å². The molecular formula is C12H14O2. The zero-order valence-corrected chi connectivity index (χ0v) is 8.32. The van der Waals surface area contributed by atoms with Crippen molar-refractivity contribution >= 4 is 5.97 Å². The maximum Gasteiger partial charge on any atom is 0.306 e. The summed E-state index contributed by atoms with van der Waals surface area (Å²) in [5.74, 6) is 0.326. The van der Waals surface area contributed by atoms with Crippen LogP contribution in [0.3, 0.4) is 0 Å². The molecule has 0 bridgehead atoms. The van der Waals surface area contributed by atoms with Crippen LogP contribution in [0, 0.1) is 12.8 Å². The summed E-state index contributed by atoms with van der Waals surface area (Å²) in [7, 11) is 0. The normalized spacial score (nSPS) is 20.9. The second kappa shape index (κ2) is 3.82. The molecule has 2 rings (SSSR count). The molecule has 0 N–H and O–H groups in total. The highest BCUT2D eigenvalue weighted by atomic mass is 16.5. The lowest BCUT2D eigenvalue weighted by atomic mass is 9.98. The minimum absolute atomic E-state index is 0.0536. The molecule has 1 heterocycles. The Hall–Kier alpha value is -1.31. The van der Waals surface area contributed by atoms with Crippen LogP contribution in [0.25, 0.3) is 0 Å². The van der Waals surface area contributed by atoms with E-state index in [1.807, 2.05) is 0 Å². The van der Waals surface area contributed by atoms with Gasteiger partial charge in [0, 0.05) is 5.92 Å². The lowest BCUT2D eigenvalue weighted by molar-refractivity contribution is -0.137. The topological polar surface area (TPSA) is 26.3 Å². The van der Waals surface area contributed by atoms with E-state index in [2.05, 4.69) is 31.2 Å². The molecular weight excluding hydrogens is 176 g/mol. The van der Waals surface area contributed by atoms with Gasteiger partial charge in [0.05, 0.1) is 13.0 Å². The Balaban J connectivity index is 1.97. The summed E-state index contributed by atoms with van der Waals surface area (Å²) in [6.07, 6.45) is 1.53. The Bertz CT molecular complexity index is 327. The van der Waals surface area contributed by atoms with Gasteiger partial charge in [-0.2, -0.15) is 0 Å². The van der Waals surface area contributed by atoms with Crippen LogP contribution in [-0.4, -0.2) is 12.6 Å². The van der Waals surface area contributed by atoms with E-state index in [9.17, 15) is 4.79 Å². The average molecular weight is 190 g/mol. The number of ether oxygens (including phenoxy) is 1. The van der Waals surface area contributed by atoms with Gasteiger partial charge in [-0.25, -0.2) is 0 Å². The van der Waals surface area contributed by atoms with Gasteiger partial charge in [-0.3, -0.25) is 4.79 Å². The molecule has 0 saturated carbocycles. The molecule has 2 nitrogen and oxygen atoms in total. The first-order valence-corrected chi connectivity index (χ1v) is 4.95. The van der Waals surface area contributed by atoms with Crippen molar-refractivity contribution in [1.29, 1.82) is 0 Å². The number of cyclic esters (lactones) is 1. The van der Waals surface area contributed by atoms with Crippen molar-refractivity contribution in [2.45, 2.75) is 19.8 Å². The number of esters is 1. The van der Waals surface area contributed by atoms with E-state index in [0.717, 1.165) is 6.42 Å². The molecule has 14 heavy (non-hydrogen) atoms. The van der Waals surface area contributed by atoms with Gasteiger partial charge in [0.15, 0.2) is 0 Å². The average Bonchev–Trinajstić information content (AvgIpc) is 2.56. The molecule has 0 aliphatic carbocycles. The van der Waals surface area contributed by atoms with Gasteiger partial charge in [-0.1, -0.05) is 29.8 Å². The van der Waals surface area contributed by atoms with Crippen LogP contribution >= 0.6 is 0 Å². The van der Waals surface area contributed by atoms with Crippen LogP contribution in [0.1, 0.15) is 17.5 Å². The van der Waals surface area contributed by atoms with E-state index in [-0.39, 0.29) is 5.97 Å². The standard InChI is InChI=1S/C12H14O2/c1-9-2-4-10(5-3-9)6-11-7-12(13)14-8-11/h2-5,11H,6-8H2,1H3/t11-/m0/s1. The van der Waals surface area contributed by atoms with Crippen LogP contribution in [0.2, 0.25) is 0 Å². The Morgan fingerprint density at radius 2 is 2.07 bits per heavy atom. The van der Waals surface area contributed by atoms with Crippen molar-refractivity contribution in [3.8, 4) is 0 Å². The zero-order chi connectivity index (χ0) is 9.97. The first-order chi connectivity index (χ1) is 6.74. The second-order valence-electron chi connectivity index (χ2n) is 3.94. The van der Waals surface area contributed by atoms with Gasteiger partial charge in [-0.15, -0.1) is 0 Å². The molecule has 1 fully saturated rings. The highest BCUT2D eigenvalue weighted by Gasteiger charge is 2.23. The van der Waals surface area contributed by atoms with E-state index in [1.54, 1.807) is 0 Å². The van der Waals surface area contributed by atoms with Gasteiger partial charge in [0.2, 0.25) is 0 Å². The summed E-state index contributed by atoms with van der Waals surface area (Å²) in [6.45, 7) is 2.67. The summed E-state index contributed by atoms with van der Waals surface area (Å²) in [5, 5.41) is 0. The fourth-order valence-corrected chi connectivity index (χ4v) is 1.75. The Morgan fingerprint density at radius 3 is 2.64 bits per heavy atom. The first kappa shape index (κ1) is 9.25. The fourth-order valence-electron chi connectivity index (χ4n) is 1.75. The first-order valence-electron chi connectivity index (χ1n) is 4.95. The van der Waals surface area contributed by atoms with E-state index < -0.39 is 0 Å². The molecule has 0 radical (unpaired) electrons. The van der Waals surface area contributed by atoms with Crippen LogP contribution in [0.4, 0.5) is 0 Å². The second-order valence-corrected chi connectivity index (χ2v) is 3.94. The molecule has 2 heteroatoms. The number of hydrogen-bond donors (Lipinski definition) is 0. The number of hydrogen-bond acceptors (Lipinski definition) is 2. The smallest absolute Gasteiger partial charge is 0.306 e. The van der Waals surface area contributed by atoms with Crippen molar-refractivity contribution in [3.63, 3.8) is 0 Å². The van der Waals surface area contributed by atoms with Gasteiger partial charge in [0.25, 0.3) is 0 Å². The van der Waals surface area contributed by atoms with Crippen molar-refractivity contribution in [2.24, 2.45) is 5.92 Å². The SMILES string of the molecule is Cc1ccc(C[C@@H]2COC(=O)C2)cc1. The number of rotatable bonds is 2. The number of aryl methyl sites for hydroxylation is 1. The Labute approximate surface area is 83.9 Å². The molecule has 1 aliphatic rings. The van der Waals surface area contributed by atoms with E-state index in [0.29, 0.717) is 18.9 Å². The molecule has 1 saturated heterocycles. The molecule has 1 aromatic rings. The quantitative estimate of drug-likeness (QED) is 0.667. The minimum Gasteiger partial charge on any atom is -0.465 e. The lowest BCUT2D eigenvalue weighted by Crippen LogP contribution is -2.03. The number of carbonyl (C=O) groups is 1. The predicted molar refractivity (Wildman–Crippen MR) is 53.9 cm³/mol. The van der Waals surface area contributed by atoms with Crippen molar-refractivity contribution in [2.75, 3.05) is 6.61 Å². The third-order valence-electron chi connectivity index (χ3n) is 2.58. The Morgan fingerprint density at radius 1 is 1.36 bits per heavy atom. The highest BCUT2D eigenvalue weighted by molar-refractivity contribution is 5.71. The van der Waals surface area contributed by atoms with E-state index in [4.69, 9.17) is 4.74 Å². The zero-order valence-electron chi connectivity index (χ0n) is 8.32. The van der Waals surface area contributed by atoms with Crippen LogP contribution in [0.15, 0.2) is 24.3 Å². The summed E-state index contributed by atoms with van der Waals surface area (Å²) in [5.41, 5.74) is 2.56.